The summed E-state index contributed by atoms with van der Waals surface area (Å²) in [5.74, 6) is -0.224. The molecule has 1 aliphatic rings. The first-order valence-corrected chi connectivity index (χ1v) is 9.15. The third-order valence-corrected chi connectivity index (χ3v) is 4.51. The van der Waals surface area contributed by atoms with Gasteiger partial charge in [-0.25, -0.2) is 0 Å². The summed E-state index contributed by atoms with van der Waals surface area (Å²) in [7, 11) is 1.37. The number of nitrogens with one attached hydrogen (secondary N) is 1. The van der Waals surface area contributed by atoms with Crippen molar-refractivity contribution in [3.8, 4) is 11.5 Å². The van der Waals surface area contributed by atoms with Crippen LogP contribution >= 0.6 is 0 Å². The van der Waals surface area contributed by atoms with E-state index in [0.717, 1.165) is 6.42 Å². The zero-order valence-electron chi connectivity index (χ0n) is 16.1. The smallest absolute Gasteiger partial charge is 0.286 e. The minimum Gasteiger partial charge on any atom is -0.493 e. The Morgan fingerprint density at radius 3 is 2.69 bits per heavy atom. The quantitative estimate of drug-likeness (QED) is 0.564. The fourth-order valence-electron chi connectivity index (χ4n) is 3.18. The molecule has 1 N–H and O–H groups in total. The van der Waals surface area contributed by atoms with Gasteiger partial charge in [-0.05, 0) is 31.5 Å². The molecule has 152 valence electrons. The van der Waals surface area contributed by atoms with E-state index in [0.29, 0.717) is 30.9 Å². The van der Waals surface area contributed by atoms with Crippen molar-refractivity contribution in [2.24, 2.45) is 0 Å². The first-order valence-electron chi connectivity index (χ1n) is 9.15. The molecule has 0 spiro atoms. The van der Waals surface area contributed by atoms with Crippen molar-refractivity contribution >= 4 is 28.9 Å². The molecule has 1 saturated heterocycles. The molecule has 29 heavy (non-hydrogen) atoms. The van der Waals surface area contributed by atoms with Crippen molar-refractivity contribution in [1.82, 2.24) is 0 Å². The number of nitrogens with zero attached hydrogens (tertiary/aromatic N) is 2. The van der Waals surface area contributed by atoms with Gasteiger partial charge in [0.2, 0.25) is 5.91 Å². The summed E-state index contributed by atoms with van der Waals surface area (Å²) in [4.78, 5) is 37.2. The van der Waals surface area contributed by atoms with Gasteiger partial charge in [-0.1, -0.05) is 6.07 Å². The molecule has 0 aliphatic carbocycles. The van der Waals surface area contributed by atoms with Crippen molar-refractivity contribution in [3.05, 3.63) is 52.1 Å². The molecule has 2 amide bonds. The van der Waals surface area contributed by atoms with E-state index in [1.54, 1.807) is 36.1 Å². The molecule has 0 saturated carbocycles. The SMILES string of the molecule is CCOc1cc(C(=O)Nc2cccc(N3CCCC3=O)c2)c([N+](=O)[O-])cc1OC. The summed E-state index contributed by atoms with van der Waals surface area (Å²) >= 11 is 0. The number of hydrogen-bond acceptors (Lipinski definition) is 6. The number of amides is 2. The van der Waals surface area contributed by atoms with Crippen LogP contribution in [0.3, 0.4) is 0 Å². The van der Waals surface area contributed by atoms with Crippen molar-refractivity contribution in [2.75, 3.05) is 30.5 Å². The number of carbonyl (C=O) groups is 2. The monoisotopic (exact) mass is 399 g/mol. The van der Waals surface area contributed by atoms with Gasteiger partial charge in [0.25, 0.3) is 11.6 Å². The Bertz CT molecular complexity index is 959. The summed E-state index contributed by atoms with van der Waals surface area (Å²) < 4.78 is 10.6. The van der Waals surface area contributed by atoms with Crippen LogP contribution < -0.4 is 19.7 Å². The van der Waals surface area contributed by atoms with Gasteiger partial charge >= 0.3 is 0 Å². The normalized spacial score (nSPS) is 13.3. The van der Waals surface area contributed by atoms with Crippen LogP contribution in [0, 0.1) is 10.1 Å². The van der Waals surface area contributed by atoms with Gasteiger partial charge in [0.1, 0.15) is 5.56 Å². The molecular weight excluding hydrogens is 378 g/mol. The maximum atomic E-state index is 12.8. The summed E-state index contributed by atoms with van der Waals surface area (Å²) in [6.45, 7) is 2.69. The molecule has 0 unspecified atom stereocenters. The molecule has 9 heteroatoms. The number of rotatable bonds is 7. The summed E-state index contributed by atoms with van der Waals surface area (Å²) in [5.41, 5.74) is 0.551. The van der Waals surface area contributed by atoms with E-state index >= 15 is 0 Å². The second-order valence-electron chi connectivity index (χ2n) is 6.36. The zero-order valence-corrected chi connectivity index (χ0v) is 16.1. The van der Waals surface area contributed by atoms with Crippen molar-refractivity contribution in [1.29, 1.82) is 0 Å². The standard InChI is InChI=1S/C20H21N3O6/c1-3-29-18-11-15(16(23(26)27)12-17(18)28-2)20(25)21-13-6-4-7-14(10-13)22-9-5-8-19(22)24/h4,6-7,10-12H,3,5,8-9H2,1-2H3,(H,21,25). The highest BCUT2D eigenvalue weighted by Crippen LogP contribution is 2.35. The molecule has 2 aromatic carbocycles. The fourth-order valence-corrected chi connectivity index (χ4v) is 3.18. The lowest BCUT2D eigenvalue weighted by Gasteiger charge is -2.17. The van der Waals surface area contributed by atoms with Gasteiger partial charge in [-0.2, -0.15) is 0 Å². The van der Waals surface area contributed by atoms with Crippen LogP contribution in [-0.2, 0) is 4.79 Å². The van der Waals surface area contributed by atoms with Crippen LogP contribution in [0.5, 0.6) is 11.5 Å². The molecule has 2 aromatic rings. The highest BCUT2D eigenvalue weighted by molar-refractivity contribution is 6.08. The van der Waals surface area contributed by atoms with Crippen LogP contribution in [-0.4, -0.2) is 37.0 Å². The van der Waals surface area contributed by atoms with E-state index in [4.69, 9.17) is 9.47 Å². The number of hydrogen-bond donors (Lipinski definition) is 1. The summed E-state index contributed by atoms with van der Waals surface area (Å²) in [6.07, 6.45) is 1.28. The average molecular weight is 399 g/mol. The second kappa shape index (κ2) is 8.59. The Hall–Kier alpha value is -3.62. The Labute approximate surface area is 167 Å². The number of methoxy groups -OCH3 is 1. The van der Waals surface area contributed by atoms with Crippen LogP contribution in [0.2, 0.25) is 0 Å². The largest absolute Gasteiger partial charge is 0.493 e. The van der Waals surface area contributed by atoms with Gasteiger partial charge in [0.15, 0.2) is 11.5 Å². The lowest BCUT2D eigenvalue weighted by Crippen LogP contribution is -2.23. The first kappa shape index (κ1) is 20.1. The molecule has 1 aliphatic heterocycles. The highest BCUT2D eigenvalue weighted by atomic mass is 16.6. The number of carbonyl (C=O) groups excluding carboxylic acids is 2. The van der Waals surface area contributed by atoms with Gasteiger partial charge < -0.3 is 19.7 Å². The number of anilines is 2. The van der Waals surface area contributed by atoms with Crippen LogP contribution in [0.4, 0.5) is 17.1 Å². The second-order valence-corrected chi connectivity index (χ2v) is 6.36. The van der Waals surface area contributed by atoms with Crippen LogP contribution in [0.25, 0.3) is 0 Å². The predicted octanol–water partition coefficient (Wildman–Crippen LogP) is 3.38. The molecule has 1 heterocycles. The van der Waals surface area contributed by atoms with E-state index < -0.39 is 16.5 Å². The number of nitro groups is 1. The molecule has 0 radical (unpaired) electrons. The first-order chi connectivity index (χ1) is 13.9. The van der Waals surface area contributed by atoms with E-state index in [1.165, 1.54) is 19.2 Å². The molecule has 1 fully saturated rings. The molecule has 0 aromatic heterocycles. The van der Waals surface area contributed by atoms with Gasteiger partial charge in [0, 0.05) is 30.4 Å². The molecule has 0 atom stereocenters. The fraction of sp³-hybridized carbons (Fsp3) is 0.300. The van der Waals surface area contributed by atoms with Gasteiger partial charge in [0.05, 0.1) is 24.7 Å². The highest BCUT2D eigenvalue weighted by Gasteiger charge is 2.26. The Balaban J connectivity index is 1.91. The third kappa shape index (κ3) is 4.29. The van der Waals surface area contributed by atoms with E-state index in [2.05, 4.69) is 5.32 Å². The lowest BCUT2D eigenvalue weighted by atomic mass is 10.1. The number of benzene rings is 2. The topological polar surface area (TPSA) is 111 Å². The number of nitro benzene ring substituents is 1. The Morgan fingerprint density at radius 1 is 1.28 bits per heavy atom. The maximum absolute atomic E-state index is 12.8. The zero-order chi connectivity index (χ0) is 21.0. The maximum Gasteiger partial charge on any atom is 0.286 e. The third-order valence-electron chi connectivity index (χ3n) is 4.51. The molecular formula is C20H21N3O6. The number of ether oxygens (including phenoxy) is 2. The summed E-state index contributed by atoms with van der Waals surface area (Å²) in [6, 6.07) is 9.27. The lowest BCUT2D eigenvalue weighted by molar-refractivity contribution is -0.385. The van der Waals surface area contributed by atoms with E-state index in [9.17, 15) is 19.7 Å². The van der Waals surface area contributed by atoms with E-state index in [-0.39, 0.29) is 23.0 Å². The van der Waals surface area contributed by atoms with Crippen molar-refractivity contribution in [3.63, 3.8) is 0 Å². The average Bonchev–Trinajstić information content (AvgIpc) is 3.13. The van der Waals surface area contributed by atoms with E-state index in [1.807, 2.05) is 0 Å². The summed E-state index contributed by atoms with van der Waals surface area (Å²) in [5, 5.41) is 14.1. The van der Waals surface area contributed by atoms with Crippen molar-refractivity contribution < 1.29 is 24.0 Å². The van der Waals surface area contributed by atoms with Crippen LogP contribution in [0.15, 0.2) is 36.4 Å². The molecule has 0 bridgehead atoms. The Kier molecular flexibility index (Phi) is 5.96. The van der Waals surface area contributed by atoms with Gasteiger partial charge in [-0.3, -0.25) is 19.7 Å². The molecule has 3 rings (SSSR count). The minimum absolute atomic E-state index is 0.0284. The van der Waals surface area contributed by atoms with Crippen LogP contribution in [0.1, 0.15) is 30.1 Å². The molecule has 9 nitrogen and oxygen atoms in total. The Morgan fingerprint density at radius 2 is 2.07 bits per heavy atom. The van der Waals surface area contributed by atoms with Crippen molar-refractivity contribution in [2.45, 2.75) is 19.8 Å². The minimum atomic E-state index is -0.662. The van der Waals surface area contributed by atoms with Gasteiger partial charge in [-0.15, -0.1) is 0 Å². The predicted molar refractivity (Wildman–Crippen MR) is 107 cm³/mol.